The van der Waals surface area contributed by atoms with Crippen LogP contribution in [0.3, 0.4) is 0 Å². The number of ketones is 1. The number of aliphatic hydroxyl groups is 1. The van der Waals surface area contributed by atoms with Gasteiger partial charge in [-0.25, -0.2) is 0 Å². The van der Waals surface area contributed by atoms with Crippen molar-refractivity contribution in [3.63, 3.8) is 0 Å². The number of hydrogen-bond donors (Lipinski definition) is 3. The Morgan fingerprint density at radius 2 is 1.41 bits per heavy atom. The van der Waals surface area contributed by atoms with Crippen LogP contribution in [-0.2, 0) is 4.79 Å². The first-order chi connectivity index (χ1) is 12.9. The van der Waals surface area contributed by atoms with Crippen LogP contribution in [0.2, 0.25) is 0 Å². The molecule has 0 bridgehead atoms. The molecule has 3 N–H and O–H groups in total. The van der Waals surface area contributed by atoms with Gasteiger partial charge in [-0.3, -0.25) is 4.79 Å². The monoisotopic (exact) mass is 368 g/mol. The first-order valence-electron chi connectivity index (χ1n) is 7.98. The summed E-state index contributed by atoms with van der Waals surface area (Å²) in [5, 5.41) is 28.9. The largest absolute Gasteiger partial charge is 0.504 e. The molecule has 0 amide bonds. The standard InChI is InChI=1S/C21H20O6/c1-26-20-12-14(7-10-18(20)24)4-3-5-16(22)17(23)9-6-15-8-11-19(25)21(13-15)27-2/h3-13,22,24-25H,1-2H3/b4-3+,9-6+,16-5-. The van der Waals surface area contributed by atoms with Crippen molar-refractivity contribution in [3.05, 3.63) is 71.5 Å². The molecule has 140 valence electrons. The summed E-state index contributed by atoms with van der Waals surface area (Å²) in [7, 11) is 2.88. The average Bonchev–Trinajstić information content (AvgIpc) is 2.68. The van der Waals surface area contributed by atoms with Crippen molar-refractivity contribution in [1.29, 1.82) is 0 Å². The highest BCUT2D eigenvalue weighted by Gasteiger charge is 2.04. The van der Waals surface area contributed by atoms with Crippen LogP contribution in [0.15, 0.2) is 60.4 Å². The molecular weight excluding hydrogens is 348 g/mol. The molecule has 0 aliphatic carbocycles. The van der Waals surface area contributed by atoms with E-state index in [2.05, 4.69) is 0 Å². The molecule has 0 aliphatic rings. The van der Waals surface area contributed by atoms with Crippen molar-refractivity contribution in [3.8, 4) is 23.0 Å². The first-order valence-corrected chi connectivity index (χ1v) is 7.98. The number of hydrogen-bond acceptors (Lipinski definition) is 6. The molecule has 2 rings (SSSR count). The maximum atomic E-state index is 12.0. The molecule has 0 saturated heterocycles. The highest BCUT2D eigenvalue weighted by atomic mass is 16.5. The molecule has 2 aromatic carbocycles. The van der Waals surface area contributed by atoms with Crippen molar-refractivity contribution >= 4 is 17.9 Å². The number of aliphatic hydroxyl groups excluding tert-OH is 1. The number of allylic oxidation sites excluding steroid dienone is 3. The van der Waals surface area contributed by atoms with Crippen LogP contribution in [0.5, 0.6) is 23.0 Å². The summed E-state index contributed by atoms with van der Waals surface area (Å²) in [4.78, 5) is 12.0. The molecule has 0 fully saturated rings. The van der Waals surface area contributed by atoms with Crippen molar-refractivity contribution in [2.45, 2.75) is 0 Å². The summed E-state index contributed by atoms with van der Waals surface area (Å²) in [6.45, 7) is 0. The van der Waals surface area contributed by atoms with E-state index in [1.54, 1.807) is 30.3 Å². The quantitative estimate of drug-likeness (QED) is 0.390. The second-order valence-corrected chi connectivity index (χ2v) is 5.47. The van der Waals surface area contributed by atoms with Gasteiger partial charge in [-0.15, -0.1) is 0 Å². The van der Waals surface area contributed by atoms with E-state index in [1.807, 2.05) is 0 Å². The molecule has 0 spiro atoms. The number of phenolic OH excluding ortho intramolecular Hbond substituents is 2. The molecule has 0 heterocycles. The molecule has 6 nitrogen and oxygen atoms in total. The zero-order valence-electron chi connectivity index (χ0n) is 14.9. The minimum atomic E-state index is -0.574. The molecule has 27 heavy (non-hydrogen) atoms. The number of methoxy groups -OCH3 is 2. The van der Waals surface area contributed by atoms with Gasteiger partial charge >= 0.3 is 0 Å². The van der Waals surface area contributed by atoms with E-state index >= 15 is 0 Å². The van der Waals surface area contributed by atoms with Gasteiger partial charge in [-0.05, 0) is 47.5 Å². The van der Waals surface area contributed by atoms with E-state index in [9.17, 15) is 20.1 Å². The molecule has 0 aliphatic heterocycles. The number of aromatic hydroxyl groups is 2. The average molecular weight is 368 g/mol. The number of rotatable bonds is 7. The smallest absolute Gasteiger partial charge is 0.220 e. The first kappa shape index (κ1) is 19.7. The van der Waals surface area contributed by atoms with Gasteiger partial charge in [0.1, 0.15) is 0 Å². The van der Waals surface area contributed by atoms with Crippen LogP contribution in [-0.4, -0.2) is 35.3 Å². The van der Waals surface area contributed by atoms with Gasteiger partial charge < -0.3 is 24.8 Å². The SMILES string of the molecule is COc1cc(/C=C/C=C(\O)C(=O)/C=C/c2ccc(O)c(OC)c2)ccc1O. The fourth-order valence-electron chi connectivity index (χ4n) is 2.19. The van der Waals surface area contributed by atoms with Gasteiger partial charge in [-0.2, -0.15) is 0 Å². The highest BCUT2D eigenvalue weighted by Crippen LogP contribution is 2.27. The normalized spacial score (nSPS) is 11.9. The van der Waals surface area contributed by atoms with E-state index in [-0.39, 0.29) is 17.2 Å². The summed E-state index contributed by atoms with van der Waals surface area (Å²) in [6.07, 6.45) is 7.15. The summed E-state index contributed by atoms with van der Waals surface area (Å²) >= 11 is 0. The van der Waals surface area contributed by atoms with Crippen LogP contribution in [0, 0.1) is 0 Å². The van der Waals surface area contributed by atoms with Gasteiger partial charge in [-0.1, -0.05) is 30.4 Å². The Labute approximate surface area is 156 Å². The van der Waals surface area contributed by atoms with Gasteiger partial charge in [0.15, 0.2) is 28.8 Å². The third-order valence-corrected chi connectivity index (χ3v) is 3.63. The van der Waals surface area contributed by atoms with Crippen LogP contribution < -0.4 is 9.47 Å². The second kappa shape index (κ2) is 9.15. The lowest BCUT2D eigenvalue weighted by Gasteiger charge is -2.03. The second-order valence-electron chi connectivity index (χ2n) is 5.47. The number of phenols is 2. The lowest BCUT2D eigenvalue weighted by Crippen LogP contribution is -1.96. The minimum Gasteiger partial charge on any atom is -0.504 e. The van der Waals surface area contributed by atoms with Crippen molar-refractivity contribution in [2.24, 2.45) is 0 Å². The number of ether oxygens (including phenoxy) is 2. The van der Waals surface area contributed by atoms with E-state index in [0.29, 0.717) is 11.3 Å². The molecular formula is C21H20O6. The van der Waals surface area contributed by atoms with E-state index in [0.717, 1.165) is 5.56 Å². The molecule has 2 aromatic rings. The van der Waals surface area contributed by atoms with Gasteiger partial charge in [0, 0.05) is 0 Å². The van der Waals surface area contributed by atoms with Crippen molar-refractivity contribution in [2.75, 3.05) is 14.2 Å². The van der Waals surface area contributed by atoms with Gasteiger partial charge in [0.05, 0.1) is 14.2 Å². The van der Waals surface area contributed by atoms with Crippen LogP contribution in [0.1, 0.15) is 11.1 Å². The Morgan fingerprint density at radius 3 is 1.93 bits per heavy atom. The molecule has 0 unspecified atom stereocenters. The molecule has 0 aromatic heterocycles. The zero-order chi connectivity index (χ0) is 19.8. The molecule has 6 heteroatoms. The highest BCUT2D eigenvalue weighted by molar-refractivity contribution is 6.04. The van der Waals surface area contributed by atoms with Crippen molar-refractivity contribution in [1.82, 2.24) is 0 Å². The predicted octanol–water partition coefficient (Wildman–Crippen LogP) is 3.85. The van der Waals surface area contributed by atoms with E-state index in [4.69, 9.17) is 9.47 Å². The van der Waals surface area contributed by atoms with Crippen LogP contribution in [0.25, 0.3) is 12.2 Å². The number of carbonyl (C=O) groups excluding carboxylic acids is 1. The predicted molar refractivity (Wildman–Crippen MR) is 103 cm³/mol. The summed E-state index contributed by atoms with van der Waals surface area (Å²) < 4.78 is 10.0. The fraction of sp³-hybridized carbons (Fsp3) is 0.0952. The van der Waals surface area contributed by atoms with Gasteiger partial charge in [0.2, 0.25) is 5.78 Å². The lowest BCUT2D eigenvalue weighted by atomic mass is 10.1. The Balaban J connectivity index is 2.05. The Morgan fingerprint density at radius 1 is 0.889 bits per heavy atom. The fourth-order valence-corrected chi connectivity index (χ4v) is 2.19. The Bertz CT molecular complexity index is 909. The maximum Gasteiger partial charge on any atom is 0.220 e. The molecule has 0 saturated carbocycles. The summed E-state index contributed by atoms with van der Waals surface area (Å²) in [5.74, 6) is -0.363. The third-order valence-electron chi connectivity index (χ3n) is 3.63. The maximum absolute atomic E-state index is 12.0. The summed E-state index contributed by atoms with van der Waals surface area (Å²) in [5.41, 5.74) is 1.37. The number of carbonyl (C=O) groups is 1. The minimum absolute atomic E-state index is 0.000261. The topological polar surface area (TPSA) is 96.2 Å². The van der Waals surface area contributed by atoms with Crippen LogP contribution >= 0.6 is 0 Å². The summed E-state index contributed by atoms with van der Waals surface area (Å²) in [6, 6.07) is 9.41. The van der Waals surface area contributed by atoms with E-state index < -0.39 is 11.5 Å². The van der Waals surface area contributed by atoms with Crippen LogP contribution in [0.4, 0.5) is 0 Å². The molecule has 0 radical (unpaired) electrons. The third kappa shape index (κ3) is 5.40. The van der Waals surface area contributed by atoms with Gasteiger partial charge in [0.25, 0.3) is 0 Å². The Hall–Kier alpha value is -3.67. The molecule has 0 atom stereocenters. The zero-order valence-corrected chi connectivity index (χ0v) is 14.9. The van der Waals surface area contributed by atoms with Crippen molar-refractivity contribution < 1.29 is 29.6 Å². The lowest BCUT2D eigenvalue weighted by molar-refractivity contribution is -0.113. The Kier molecular flexibility index (Phi) is 6.66. The van der Waals surface area contributed by atoms with E-state index in [1.165, 1.54) is 50.7 Å². The number of benzene rings is 2.